The Morgan fingerprint density at radius 1 is 1.46 bits per heavy atom. The van der Waals surface area contributed by atoms with Crippen molar-refractivity contribution in [3.05, 3.63) is 59.2 Å². The average molecular weight is 375 g/mol. The smallest absolute Gasteiger partial charge is 0.310 e. The Morgan fingerprint density at radius 3 is 3.04 bits per heavy atom. The van der Waals surface area contributed by atoms with Crippen molar-refractivity contribution in [2.45, 2.75) is 26.2 Å². The minimum absolute atomic E-state index is 0.141. The van der Waals surface area contributed by atoms with Crippen LogP contribution < -0.4 is 4.74 Å². The van der Waals surface area contributed by atoms with Gasteiger partial charge in [0, 0.05) is 17.5 Å². The van der Waals surface area contributed by atoms with E-state index >= 15 is 0 Å². The Bertz CT molecular complexity index is 989. The van der Waals surface area contributed by atoms with Gasteiger partial charge in [0.05, 0.1) is 18.7 Å². The zero-order valence-corrected chi connectivity index (χ0v) is 15.9. The molecule has 4 bridgehead atoms. The van der Waals surface area contributed by atoms with Crippen LogP contribution >= 0.6 is 0 Å². The van der Waals surface area contributed by atoms with Crippen LogP contribution in [0.1, 0.15) is 29.5 Å². The van der Waals surface area contributed by atoms with Gasteiger partial charge in [0.1, 0.15) is 18.4 Å². The van der Waals surface area contributed by atoms with Crippen LogP contribution in [-0.2, 0) is 16.0 Å². The van der Waals surface area contributed by atoms with E-state index < -0.39 is 0 Å². The molecule has 6 nitrogen and oxygen atoms in total. The normalized spacial score (nSPS) is 15.0. The van der Waals surface area contributed by atoms with Gasteiger partial charge < -0.3 is 9.47 Å². The van der Waals surface area contributed by atoms with Crippen LogP contribution in [0.3, 0.4) is 0 Å². The summed E-state index contributed by atoms with van der Waals surface area (Å²) < 4.78 is 11.0. The molecule has 0 fully saturated rings. The number of nitrogens with zero attached hydrogens (tertiary/aromatic N) is 2. The molecular formula is C22H21N3O3. The molecule has 1 atom stereocenters. The second-order valence-electron chi connectivity index (χ2n) is 6.51. The maximum Gasteiger partial charge on any atom is 0.310 e. The highest BCUT2D eigenvalue weighted by molar-refractivity contribution is 6.04. The van der Waals surface area contributed by atoms with Crippen molar-refractivity contribution in [1.29, 1.82) is 10.7 Å². The van der Waals surface area contributed by atoms with Crippen LogP contribution in [0, 0.1) is 23.7 Å². The molecule has 1 N–H and O–H groups in total. The monoisotopic (exact) mass is 375 g/mol. The maximum atomic E-state index is 12.1. The van der Waals surface area contributed by atoms with Gasteiger partial charge in [-0.25, -0.2) is 4.98 Å². The predicted molar refractivity (Wildman–Crippen MR) is 105 cm³/mol. The Kier molecular flexibility index (Phi) is 5.85. The van der Waals surface area contributed by atoms with E-state index in [4.69, 9.17) is 20.1 Å². The molecule has 0 aliphatic carbocycles. The van der Waals surface area contributed by atoms with E-state index in [1.807, 2.05) is 31.2 Å². The van der Waals surface area contributed by atoms with E-state index in [2.05, 4.69) is 4.98 Å². The summed E-state index contributed by atoms with van der Waals surface area (Å²) in [6.45, 7) is 4.37. The molecule has 0 amide bonds. The van der Waals surface area contributed by atoms with Crippen molar-refractivity contribution in [3.63, 3.8) is 0 Å². The first kappa shape index (κ1) is 19.3. The summed E-state index contributed by atoms with van der Waals surface area (Å²) in [5.41, 5.74) is 4.37. The number of ether oxygens (including phenoxy) is 2. The van der Waals surface area contributed by atoms with Crippen LogP contribution in [0.2, 0.25) is 0 Å². The van der Waals surface area contributed by atoms with E-state index in [1.165, 1.54) is 6.08 Å². The number of carbonyl (C=O) groups excluding carboxylic acids is 1. The molecule has 0 radical (unpaired) electrons. The number of fused-ring (bicyclic) bond motifs is 5. The van der Waals surface area contributed by atoms with Crippen molar-refractivity contribution >= 4 is 11.7 Å². The number of nitrogens with one attached hydrogen (secondary N) is 1. The fourth-order valence-electron chi connectivity index (χ4n) is 3.25. The minimum atomic E-state index is -0.294. The highest BCUT2D eigenvalue weighted by Gasteiger charge is 2.21. The van der Waals surface area contributed by atoms with Gasteiger partial charge in [-0.1, -0.05) is 18.2 Å². The third kappa shape index (κ3) is 4.26. The van der Waals surface area contributed by atoms with E-state index in [-0.39, 0.29) is 30.6 Å². The molecule has 142 valence electrons. The lowest BCUT2D eigenvalue weighted by atomic mass is 9.88. The van der Waals surface area contributed by atoms with Crippen LogP contribution in [0.15, 0.2) is 42.5 Å². The molecule has 0 saturated heterocycles. The Hall–Kier alpha value is -3.46. The number of pyridine rings is 1. The average Bonchev–Trinajstić information content (AvgIpc) is 2.72. The highest BCUT2D eigenvalue weighted by atomic mass is 16.5. The fraction of sp³-hybridized carbons (Fsp3) is 0.273. The SMILES string of the molecule is CCOC(=O)Cc1cc(C)c2cc1C(/C=C\C(=N)C#N)COc1cccc-2n1. The largest absolute Gasteiger partial charge is 0.477 e. The molecule has 1 aliphatic rings. The van der Waals surface area contributed by atoms with Crippen molar-refractivity contribution in [2.24, 2.45) is 0 Å². The summed E-state index contributed by atoms with van der Waals surface area (Å²) in [5.74, 6) is -0.0218. The number of rotatable bonds is 5. The molecule has 3 rings (SSSR count). The molecule has 1 unspecified atom stereocenters. The molecule has 1 aliphatic heterocycles. The van der Waals surface area contributed by atoms with Gasteiger partial charge >= 0.3 is 5.97 Å². The van der Waals surface area contributed by atoms with Gasteiger partial charge in [-0.15, -0.1) is 0 Å². The van der Waals surface area contributed by atoms with Crippen LogP contribution in [-0.4, -0.2) is 29.9 Å². The molecule has 2 heterocycles. The molecule has 0 saturated carbocycles. The second-order valence-corrected chi connectivity index (χ2v) is 6.51. The highest BCUT2D eigenvalue weighted by Crippen LogP contribution is 2.33. The van der Waals surface area contributed by atoms with E-state index in [1.54, 1.807) is 25.1 Å². The van der Waals surface area contributed by atoms with Gasteiger partial charge in [-0.05, 0) is 48.7 Å². The fourth-order valence-corrected chi connectivity index (χ4v) is 3.25. The Morgan fingerprint density at radius 2 is 2.29 bits per heavy atom. The van der Waals surface area contributed by atoms with Gasteiger partial charge in [-0.2, -0.15) is 5.26 Å². The summed E-state index contributed by atoms with van der Waals surface area (Å²) in [7, 11) is 0. The number of aryl methyl sites for hydroxylation is 1. The Balaban J connectivity index is 2.13. The Labute approximate surface area is 163 Å². The third-order valence-corrected chi connectivity index (χ3v) is 4.55. The second kappa shape index (κ2) is 8.49. The van der Waals surface area contributed by atoms with Gasteiger partial charge in [0.15, 0.2) is 0 Å². The number of allylic oxidation sites excluding steroid dienone is 1. The zero-order chi connectivity index (χ0) is 20.1. The number of aromatic nitrogens is 1. The maximum absolute atomic E-state index is 12.1. The van der Waals surface area contributed by atoms with Gasteiger partial charge in [0.2, 0.25) is 5.88 Å². The molecule has 1 aromatic heterocycles. The number of benzene rings is 1. The number of nitriles is 1. The lowest BCUT2D eigenvalue weighted by molar-refractivity contribution is -0.142. The molecular weight excluding hydrogens is 354 g/mol. The van der Waals surface area contributed by atoms with Crippen molar-refractivity contribution < 1.29 is 14.3 Å². The van der Waals surface area contributed by atoms with Crippen molar-refractivity contribution in [3.8, 4) is 23.2 Å². The summed E-state index contributed by atoms with van der Waals surface area (Å²) in [6, 6.07) is 11.4. The van der Waals surface area contributed by atoms with E-state index in [9.17, 15) is 4.79 Å². The quantitative estimate of drug-likeness (QED) is 0.634. The van der Waals surface area contributed by atoms with Crippen molar-refractivity contribution in [1.82, 2.24) is 4.98 Å². The molecule has 0 spiro atoms. The van der Waals surface area contributed by atoms with Gasteiger partial charge in [0.25, 0.3) is 0 Å². The molecule has 6 heteroatoms. The third-order valence-electron chi connectivity index (χ3n) is 4.55. The number of hydrogen-bond acceptors (Lipinski definition) is 6. The summed E-state index contributed by atoms with van der Waals surface area (Å²) >= 11 is 0. The van der Waals surface area contributed by atoms with Crippen molar-refractivity contribution in [2.75, 3.05) is 13.2 Å². The number of hydrogen-bond donors (Lipinski definition) is 1. The molecule has 28 heavy (non-hydrogen) atoms. The van der Waals surface area contributed by atoms with Crippen LogP contribution in [0.25, 0.3) is 11.3 Å². The number of carbonyl (C=O) groups is 1. The lowest BCUT2D eigenvalue weighted by Gasteiger charge is -2.19. The van der Waals surface area contributed by atoms with Gasteiger partial charge in [-0.3, -0.25) is 10.2 Å². The first-order valence-electron chi connectivity index (χ1n) is 9.08. The minimum Gasteiger partial charge on any atom is -0.477 e. The standard InChI is InChI=1S/C22H21N3O3/c1-3-27-22(26)10-16-9-14(2)18-11-19(16)15(7-8-17(24)12-23)13-28-21-6-4-5-20(18)25-21/h4-9,11,15,24H,3,10,13H2,1-2H3/b8-7-,24-17?. The zero-order valence-electron chi connectivity index (χ0n) is 15.9. The molecule has 1 aromatic carbocycles. The topological polar surface area (TPSA) is 96.1 Å². The van der Waals surface area contributed by atoms with Crippen LogP contribution in [0.4, 0.5) is 0 Å². The summed E-state index contributed by atoms with van der Waals surface area (Å²) in [6.07, 6.45) is 3.38. The summed E-state index contributed by atoms with van der Waals surface area (Å²) in [5, 5.41) is 16.5. The van der Waals surface area contributed by atoms with E-state index in [0.717, 1.165) is 27.9 Å². The predicted octanol–water partition coefficient (Wildman–Crippen LogP) is 3.74. The van der Waals surface area contributed by atoms with Crippen LogP contribution in [0.5, 0.6) is 5.88 Å². The lowest BCUT2D eigenvalue weighted by Crippen LogP contribution is -2.14. The first-order chi connectivity index (χ1) is 13.5. The van der Waals surface area contributed by atoms with E-state index in [0.29, 0.717) is 12.5 Å². The first-order valence-corrected chi connectivity index (χ1v) is 9.08. The number of esters is 1. The summed E-state index contributed by atoms with van der Waals surface area (Å²) in [4.78, 5) is 16.7. The molecule has 2 aromatic rings.